The summed E-state index contributed by atoms with van der Waals surface area (Å²) in [5, 5.41) is 7.09. The van der Waals surface area contributed by atoms with Crippen LogP contribution in [0.15, 0.2) is 36.4 Å². The predicted molar refractivity (Wildman–Crippen MR) is 90.1 cm³/mol. The van der Waals surface area contributed by atoms with Gasteiger partial charge in [-0.1, -0.05) is 50.2 Å². The molecule has 0 saturated carbocycles. The van der Waals surface area contributed by atoms with E-state index in [4.69, 9.17) is 0 Å². The molecule has 2 aromatic rings. The monoisotopic (exact) mass is 287 g/mol. The highest BCUT2D eigenvalue weighted by Crippen LogP contribution is 2.19. The Bertz CT molecular complexity index is 587. The third kappa shape index (κ3) is 3.48. The fourth-order valence-electron chi connectivity index (χ4n) is 2.62. The predicted octanol–water partition coefficient (Wildman–Crippen LogP) is 2.78. The molecular formula is C17H25NOSi. The van der Waals surface area contributed by atoms with Crippen molar-refractivity contribution >= 4 is 24.3 Å². The van der Waals surface area contributed by atoms with Gasteiger partial charge in [0.25, 0.3) is 0 Å². The van der Waals surface area contributed by atoms with Crippen LogP contribution < -0.4 is 10.5 Å². The average Bonchev–Trinajstić information content (AvgIpc) is 2.36. The number of hydrogen-bond donors (Lipinski definition) is 2. The zero-order chi connectivity index (χ0) is 14.8. The lowest BCUT2D eigenvalue weighted by molar-refractivity contribution is 0.569. The summed E-state index contributed by atoms with van der Waals surface area (Å²) in [7, 11) is -2.29. The zero-order valence-corrected chi connectivity index (χ0v) is 13.9. The van der Waals surface area contributed by atoms with Crippen LogP contribution in [0.2, 0.25) is 13.1 Å². The Hall–Kier alpha value is -1.16. The van der Waals surface area contributed by atoms with Crippen LogP contribution in [0.4, 0.5) is 0 Å². The lowest BCUT2D eigenvalue weighted by Crippen LogP contribution is -2.41. The first kappa shape index (κ1) is 15.2. The van der Waals surface area contributed by atoms with E-state index in [1.807, 2.05) is 13.1 Å². The molecule has 0 saturated heterocycles. The Morgan fingerprint density at radius 3 is 2.35 bits per heavy atom. The molecule has 2 aromatic carbocycles. The summed E-state index contributed by atoms with van der Waals surface area (Å²) in [5.74, 6) is 0. The zero-order valence-electron chi connectivity index (χ0n) is 12.9. The molecule has 2 nitrogen and oxygen atoms in total. The molecule has 108 valence electrons. The minimum atomic E-state index is -2.29. The van der Waals surface area contributed by atoms with E-state index < -0.39 is 8.32 Å². The fourth-order valence-corrected chi connectivity index (χ4v) is 4.00. The molecule has 20 heavy (non-hydrogen) atoms. The second kappa shape index (κ2) is 6.08. The van der Waals surface area contributed by atoms with Crippen LogP contribution in [-0.2, 0) is 6.42 Å². The van der Waals surface area contributed by atoms with Gasteiger partial charge in [0, 0.05) is 6.04 Å². The van der Waals surface area contributed by atoms with Gasteiger partial charge in [-0.3, -0.25) is 0 Å². The third-order valence-electron chi connectivity index (χ3n) is 3.62. The van der Waals surface area contributed by atoms with Crippen molar-refractivity contribution in [3.8, 4) is 0 Å². The molecule has 0 aliphatic heterocycles. The highest BCUT2D eigenvalue weighted by molar-refractivity contribution is 6.85. The maximum Gasteiger partial charge on any atom is 0.214 e. The van der Waals surface area contributed by atoms with E-state index in [0.29, 0.717) is 6.04 Å². The summed E-state index contributed by atoms with van der Waals surface area (Å²) in [6.45, 7) is 9.28. The maximum absolute atomic E-state index is 10.5. The number of fused-ring (bicyclic) bond motifs is 1. The molecule has 2 N–H and O–H groups in total. The van der Waals surface area contributed by atoms with Crippen LogP contribution in [0.3, 0.4) is 0 Å². The second-order valence-electron chi connectivity index (χ2n) is 6.24. The van der Waals surface area contributed by atoms with Crippen molar-refractivity contribution < 1.29 is 4.80 Å². The van der Waals surface area contributed by atoms with E-state index in [-0.39, 0.29) is 0 Å². The van der Waals surface area contributed by atoms with E-state index >= 15 is 0 Å². The van der Waals surface area contributed by atoms with Gasteiger partial charge >= 0.3 is 0 Å². The molecule has 0 radical (unpaired) electrons. The normalized spacial score (nSPS) is 12.3. The summed E-state index contributed by atoms with van der Waals surface area (Å²) < 4.78 is 0. The standard InChI is InChI=1S/C17H25NOSi/c1-13(2)18-12-11-14-7-5-9-16-15(14)8-6-10-17(16)20(3,4)19/h5-10,13,18-19H,11-12H2,1-4H3. The van der Waals surface area contributed by atoms with Crippen LogP contribution in [0.5, 0.6) is 0 Å². The summed E-state index contributed by atoms with van der Waals surface area (Å²) in [5.41, 5.74) is 1.36. The van der Waals surface area contributed by atoms with Gasteiger partial charge in [-0.05, 0) is 47.6 Å². The number of hydrogen-bond acceptors (Lipinski definition) is 2. The second-order valence-corrected chi connectivity index (χ2v) is 9.89. The molecule has 2 rings (SSSR count). The molecule has 0 aromatic heterocycles. The Balaban J connectivity index is 2.38. The summed E-state index contributed by atoms with van der Waals surface area (Å²) >= 11 is 0. The fraction of sp³-hybridized carbons (Fsp3) is 0.412. The third-order valence-corrected chi connectivity index (χ3v) is 5.37. The smallest absolute Gasteiger partial charge is 0.214 e. The van der Waals surface area contributed by atoms with E-state index in [0.717, 1.165) is 18.2 Å². The number of nitrogens with one attached hydrogen (secondary N) is 1. The summed E-state index contributed by atoms with van der Waals surface area (Å²) in [4.78, 5) is 10.5. The SMILES string of the molecule is CC(C)NCCc1cccc2c([Si](C)(C)O)cccc12. The van der Waals surface area contributed by atoms with Crippen molar-refractivity contribution in [3.05, 3.63) is 42.0 Å². The van der Waals surface area contributed by atoms with Crippen LogP contribution in [0.1, 0.15) is 19.4 Å². The Morgan fingerprint density at radius 2 is 1.70 bits per heavy atom. The molecule has 3 heteroatoms. The van der Waals surface area contributed by atoms with Gasteiger partial charge in [-0.2, -0.15) is 0 Å². The minimum absolute atomic E-state index is 0.518. The first-order valence-corrected chi connectivity index (χ1v) is 10.3. The van der Waals surface area contributed by atoms with Crippen molar-refractivity contribution in [2.45, 2.75) is 39.4 Å². The molecule has 0 aliphatic carbocycles. The molecule has 0 unspecified atom stereocenters. The van der Waals surface area contributed by atoms with Gasteiger partial charge in [-0.15, -0.1) is 0 Å². The molecule has 0 amide bonds. The Kier molecular flexibility index (Phi) is 4.63. The van der Waals surface area contributed by atoms with Gasteiger partial charge in [0.2, 0.25) is 8.32 Å². The number of benzene rings is 2. The number of rotatable bonds is 5. The Morgan fingerprint density at radius 1 is 1.05 bits per heavy atom. The largest absolute Gasteiger partial charge is 0.428 e. The molecule has 0 bridgehead atoms. The first-order chi connectivity index (χ1) is 9.39. The van der Waals surface area contributed by atoms with E-state index in [2.05, 4.69) is 55.6 Å². The average molecular weight is 287 g/mol. The van der Waals surface area contributed by atoms with Gasteiger partial charge in [0.15, 0.2) is 0 Å². The highest BCUT2D eigenvalue weighted by atomic mass is 28.4. The summed E-state index contributed by atoms with van der Waals surface area (Å²) in [6.07, 6.45) is 1.02. The van der Waals surface area contributed by atoms with Gasteiger partial charge in [0.05, 0.1) is 0 Å². The van der Waals surface area contributed by atoms with Crippen LogP contribution >= 0.6 is 0 Å². The maximum atomic E-state index is 10.5. The molecule has 0 spiro atoms. The minimum Gasteiger partial charge on any atom is -0.428 e. The van der Waals surface area contributed by atoms with Gasteiger partial charge in [0.1, 0.15) is 0 Å². The lowest BCUT2D eigenvalue weighted by Gasteiger charge is -2.18. The van der Waals surface area contributed by atoms with Crippen molar-refractivity contribution in [2.75, 3.05) is 6.54 Å². The lowest BCUT2D eigenvalue weighted by atomic mass is 10.0. The Labute approximate surface area is 123 Å². The molecule has 0 atom stereocenters. The molecular weight excluding hydrogens is 262 g/mol. The van der Waals surface area contributed by atoms with Crippen molar-refractivity contribution in [1.29, 1.82) is 0 Å². The quantitative estimate of drug-likeness (QED) is 0.829. The summed E-state index contributed by atoms with van der Waals surface area (Å²) in [6, 6.07) is 13.3. The van der Waals surface area contributed by atoms with Crippen LogP contribution in [-0.4, -0.2) is 25.7 Å². The van der Waals surface area contributed by atoms with E-state index in [1.165, 1.54) is 16.3 Å². The van der Waals surface area contributed by atoms with Gasteiger partial charge in [-0.25, -0.2) is 0 Å². The van der Waals surface area contributed by atoms with Crippen molar-refractivity contribution in [1.82, 2.24) is 5.32 Å². The molecule has 0 aliphatic rings. The molecule has 0 fully saturated rings. The van der Waals surface area contributed by atoms with E-state index in [1.54, 1.807) is 0 Å². The van der Waals surface area contributed by atoms with Crippen molar-refractivity contribution in [2.24, 2.45) is 0 Å². The first-order valence-electron chi connectivity index (χ1n) is 7.36. The van der Waals surface area contributed by atoms with E-state index in [9.17, 15) is 4.80 Å². The van der Waals surface area contributed by atoms with Crippen molar-refractivity contribution in [3.63, 3.8) is 0 Å². The topological polar surface area (TPSA) is 32.3 Å². The van der Waals surface area contributed by atoms with Crippen LogP contribution in [0.25, 0.3) is 10.8 Å². The van der Waals surface area contributed by atoms with Gasteiger partial charge < -0.3 is 10.1 Å². The van der Waals surface area contributed by atoms with Crippen LogP contribution in [0, 0.1) is 0 Å². The molecule has 0 heterocycles. The highest BCUT2D eigenvalue weighted by Gasteiger charge is 2.22.